The Morgan fingerprint density at radius 2 is 2.17 bits per heavy atom. The van der Waals surface area contributed by atoms with Crippen LogP contribution < -0.4 is 4.90 Å². The van der Waals surface area contributed by atoms with Crippen LogP contribution in [0, 0.1) is 0 Å². The van der Waals surface area contributed by atoms with Gasteiger partial charge in [0.05, 0.1) is 29.0 Å². The van der Waals surface area contributed by atoms with E-state index in [1.165, 1.54) is 0 Å². The Kier molecular flexibility index (Phi) is 4.51. The molecule has 2 fully saturated rings. The van der Waals surface area contributed by atoms with Crippen molar-refractivity contribution in [1.82, 2.24) is 19.9 Å². The van der Waals surface area contributed by atoms with Crippen molar-refractivity contribution < 1.29 is 8.95 Å². The van der Waals surface area contributed by atoms with E-state index >= 15 is 0 Å². The largest absolute Gasteiger partial charge is 0.377 e. The zero-order valence-corrected chi connectivity index (χ0v) is 17.4. The number of aromatic nitrogens is 4. The van der Waals surface area contributed by atoms with Gasteiger partial charge in [0, 0.05) is 47.5 Å². The van der Waals surface area contributed by atoms with Crippen LogP contribution in [0.15, 0.2) is 35.0 Å². The normalized spacial score (nSPS) is 21.9. The first-order chi connectivity index (χ1) is 14.0. The molecule has 1 saturated heterocycles. The lowest BCUT2D eigenvalue weighted by atomic mass is 10.1. The molecule has 0 spiro atoms. The molecule has 2 atom stereocenters. The molecule has 0 radical (unpaired) electrons. The maximum atomic E-state index is 13.0. The van der Waals surface area contributed by atoms with E-state index in [0.29, 0.717) is 24.9 Å². The van der Waals surface area contributed by atoms with Crippen LogP contribution in [0.5, 0.6) is 0 Å². The Hall–Kier alpha value is -2.52. The van der Waals surface area contributed by atoms with Crippen LogP contribution in [0.2, 0.25) is 0 Å². The Labute approximate surface area is 169 Å². The SMILES string of the molecule is C[C@@H]1COCCN1c1cc(N=[S@@](C)(=O)C2CC2)nc(-c2ccnc3[nH]ccc23)n1. The Balaban J connectivity index is 1.68. The van der Waals surface area contributed by atoms with E-state index in [4.69, 9.17) is 14.7 Å². The molecule has 1 N–H and O–H groups in total. The van der Waals surface area contributed by atoms with Crippen LogP contribution in [0.3, 0.4) is 0 Å². The highest BCUT2D eigenvalue weighted by molar-refractivity contribution is 7.93. The number of fused-ring (bicyclic) bond motifs is 1. The summed E-state index contributed by atoms with van der Waals surface area (Å²) in [5.41, 5.74) is 1.66. The summed E-state index contributed by atoms with van der Waals surface area (Å²) in [4.78, 5) is 19.2. The zero-order valence-electron chi connectivity index (χ0n) is 16.5. The van der Waals surface area contributed by atoms with E-state index in [0.717, 1.165) is 41.8 Å². The maximum absolute atomic E-state index is 13.0. The van der Waals surface area contributed by atoms with Gasteiger partial charge in [-0.1, -0.05) is 0 Å². The van der Waals surface area contributed by atoms with Gasteiger partial charge in [0.2, 0.25) is 0 Å². The van der Waals surface area contributed by atoms with E-state index < -0.39 is 9.73 Å². The number of nitrogens with one attached hydrogen (secondary N) is 1. The topological polar surface area (TPSA) is 96.4 Å². The van der Waals surface area contributed by atoms with Crippen molar-refractivity contribution in [3.05, 3.63) is 30.6 Å². The summed E-state index contributed by atoms with van der Waals surface area (Å²) in [5, 5.41) is 1.12. The molecule has 2 aliphatic rings. The minimum Gasteiger partial charge on any atom is -0.377 e. The van der Waals surface area contributed by atoms with Crippen molar-refractivity contribution in [2.24, 2.45) is 4.36 Å². The van der Waals surface area contributed by atoms with Crippen LogP contribution in [-0.4, -0.2) is 61.5 Å². The van der Waals surface area contributed by atoms with Crippen LogP contribution in [0.4, 0.5) is 11.6 Å². The van der Waals surface area contributed by atoms with Crippen molar-refractivity contribution in [2.75, 3.05) is 30.9 Å². The maximum Gasteiger partial charge on any atom is 0.167 e. The molecular weight excluding hydrogens is 388 g/mol. The molecule has 0 bridgehead atoms. The molecule has 1 aliphatic heterocycles. The second-order valence-electron chi connectivity index (χ2n) is 7.78. The fourth-order valence-electron chi connectivity index (χ4n) is 3.73. The number of aromatic amines is 1. The lowest BCUT2D eigenvalue weighted by molar-refractivity contribution is 0.0985. The van der Waals surface area contributed by atoms with Crippen LogP contribution in [0.1, 0.15) is 19.8 Å². The molecule has 0 unspecified atom stereocenters. The molecule has 29 heavy (non-hydrogen) atoms. The van der Waals surface area contributed by atoms with E-state index in [1.54, 1.807) is 12.5 Å². The Morgan fingerprint density at radius 1 is 1.31 bits per heavy atom. The smallest absolute Gasteiger partial charge is 0.167 e. The predicted octanol–water partition coefficient (Wildman–Crippen LogP) is 3.14. The van der Waals surface area contributed by atoms with Gasteiger partial charge in [0.25, 0.3) is 0 Å². The van der Waals surface area contributed by atoms with E-state index in [9.17, 15) is 4.21 Å². The van der Waals surface area contributed by atoms with Gasteiger partial charge in [-0.15, -0.1) is 0 Å². The number of nitrogens with zero attached hydrogens (tertiary/aromatic N) is 5. The summed E-state index contributed by atoms with van der Waals surface area (Å²) < 4.78 is 23.2. The van der Waals surface area contributed by atoms with Crippen molar-refractivity contribution in [3.63, 3.8) is 0 Å². The highest BCUT2D eigenvalue weighted by Crippen LogP contribution is 2.33. The molecule has 152 valence electrons. The summed E-state index contributed by atoms with van der Waals surface area (Å²) in [6, 6.07) is 5.92. The van der Waals surface area contributed by atoms with E-state index in [2.05, 4.69) is 26.2 Å². The van der Waals surface area contributed by atoms with Crippen molar-refractivity contribution in [1.29, 1.82) is 0 Å². The van der Waals surface area contributed by atoms with Crippen molar-refractivity contribution >= 4 is 32.4 Å². The molecule has 0 amide bonds. The first-order valence-electron chi connectivity index (χ1n) is 9.88. The number of hydrogen-bond acceptors (Lipinski definition) is 7. The molecule has 8 nitrogen and oxygen atoms in total. The summed E-state index contributed by atoms with van der Waals surface area (Å²) >= 11 is 0. The molecule has 3 aromatic rings. The van der Waals surface area contributed by atoms with Crippen LogP contribution >= 0.6 is 0 Å². The third-order valence-corrected chi connectivity index (χ3v) is 7.74. The van der Waals surface area contributed by atoms with Gasteiger partial charge in [-0.25, -0.2) is 19.2 Å². The van der Waals surface area contributed by atoms with Gasteiger partial charge in [0.15, 0.2) is 11.6 Å². The third-order valence-electron chi connectivity index (χ3n) is 5.48. The van der Waals surface area contributed by atoms with Crippen molar-refractivity contribution in [2.45, 2.75) is 31.1 Å². The fraction of sp³-hybridized carbons (Fsp3) is 0.450. The van der Waals surface area contributed by atoms with Crippen molar-refractivity contribution in [3.8, 4) is 11.4 Å². The highest BCUT2D eigenvalue weighted by Gasteiger charge is 2.31. The fourth-order valence-corrected chi connectivity index (χ4v) is 5.35. The van der Waals surface area contributed by atoms with E-state index in [-0.39, 0.29) is 11.3 Å². The predicted molar refractivity (Wildman–Crippen MR) is 114 cm³/mol. The zero-order chi connectivity index (χ0) is 20.0. The number of hydrogen-bond donors (Lipinski definition) is 1. The summed E-state index contributed by atoms with van der Waals surface area (Å²) in [6.45, 7) is 4.16. The minimum atomic E-state index is -2.31. The summed E-state index contributed by atoms with van der Waals surface area (Å²) in [5.74, 6) is 1.83. The first-order valence-corrected chi connectivity index (χ1v) is 11.9. The number of morpholine rings is 1. The number of H-pyrrole nitrogens is 1. The highest BCUT2D eigenvalue weighted by atomic mass is 32.2. The van der Waals surface area contributed by atoms with Crippen LogP contribution in [0.25, 0.3) is 22.4 Å². The van der Waals surface area contributed by atoms with Gasteiger partial charge < -0.3 is 14.6 Å². The number of anilines is 1. The molecule has 4 heterocycles. The summed E-state index contributed by atoms with van der Waals surface area (Å²) in [6.07, 6.45) is 7.27. The summed E-state index contributed by atoms with van der Waals surface area (Å²) in [7, 11) is -2.31. The standard InChI is InChI=1S/C20H24N6O2S/c1-13-12-28-10-9-26(13)18-11-17(25-29(2,27)14-3-4-14)23-20(24-18)16-6-8-22-19-15(16)5-7-21-19/h5-8,11,13-14H,3-4,9-10,12H2,1-2H3,(H,21,22)/t13-,29+/m1/s1. The molecule has 3 aromatic heterocycles. The average molecular weight is 413 g/mol. The Morgan fingerprint density at radius 3 is 2.97 bits per heavy atom. The molecule has 0 aromatic carbocycles. The quantitative estimate of drug-likeness (QED) is 0.707. The van der Waals surface area contributed by atoms with Gasteiger partial charge in [-0.05, 0) is 31.9 Å². The van der Waals surface area contributed by atoms with E-state index in [1.807, 2.05) is 24.4 Å². The molecule has 5 rings (SSSR count). The lowest BCUT2D eigenvalue weighted by Crippen LogP contribution is -2.44. The lowest BCUT2D eigenvalue weighted by Gasteiger charge is -2.34. The number of pyridine rings is 1. The minimum absolute atomic E-state index is 0.170. The van der Waals surface area contributed by atoms with Gasteiger partial charge in [0.1, 0.15) is 11.5 Å². The second-order valence-corrected chi connectivity index (χ2v) is 10.3. The molecule has 1 aliphatic carbocycles. The molecular formula is C20H24N6O2S. The monoisotopic (exact) mass is 412 g/mol. The number of rotatable bonds is 4. The van der Waals surface area contributed by atoms with Gasteiger partial charge >= 0.3 is 0 Å². The first kappa shape index (κ1) is 18.5. The third kappa shape index (κ3) is 3.60. The second kappa shape index (κ2) is 7.07. The molecule has 9 heteroatoms. The van der Waals surface area contributed by atoms with Gasteiger partial charge in [-0.2, -0.15) is 4.36 Å². The van der Waals surface area contributed by atoms with Gasteiger partial charge in [-0.3, -0.25) is 0 Å². The Bertz CT molecular complexity index is 1180. The molecule has 1 saturated carbocycles. The average Bonchev–Trinajstić information content (AvgIpc) is 3.46. The number of ether oxygens (including phenoxy) is 1. The van der Waals surface area contributed by atoms with Crippen LogP contribution in [-0.2, 0) is 14.5 Å².